The maximum absolute atomic E-state index is 12.6. The van der Waals surface area contributed by atoms with Gasteiger partial charge in [-0.05, 0) is 59.5 Å². The van der Waals surface area contributed by atoms with E-state index in [1.54, 1.807) is 13.0 Å². The van der Waals surface area contributed by atoms with E-state index in [0.29, 0.717) is 18.4 Å². The Kier molecular flexibility index (Phi) is 7.12. The fourth-order valence-electron chi connectivity index (χ4n) is 4.43. The molecule has 1 saturated heterocycles. The Labute approximate surface area is 189 Å². The fourth-order valence-corrected chi connectivity index (χ4v) is 4.43. The number of carbonyl (C=O) groups is 2. The van der Waals surface area contributed by atoms with Crippen LogP contribution in [0.25, 0.3) is 0 Å². The molecule has 32 heavy (non-hydrogen) atoms. The lowest BCUT2D eigenvalue weighted by atomic mass is 9.86. The second-order valence-electron chi connectivity index (χ2n) is 9.62. The second kappa shape index (κ2) is 9.33. The molecule has 7 heteroatoms. The van der Waals surface area contributed by atoms with Crippen LogP contribution in [-0.4, -0.2) is 46.3 Å². The molecule has 0 aromatic carbocycles. The normalized spacial score (nSPS) is 34.0. The molecule has 0 aromatic rings. The van der Waals surface area contributed by atoms with Crippen molar-refractivity contribution in [1.29, 1.82) is 0 Å². The van der Waals surface area contributed by atoms with Gasteiger partial charge in [-0.25, -0.2) is 9.59 Å². The number of allylic oxidation sites excluding steroid dienone is 3. The van der Waals surface area contributed by atoms with Crippen molar-refractivity contribution in [1.82, 2.24) is 0 Å². The SMILES string of the molecule is CC(C)=CCC/C(C)=C/C(=O)OCC1=C2/C(=C\C3(C)CCC(O)(O3)[C@H](C)C[C@@H]2O)OC1=O. The van der Waals surface area contributed by atoms with Crippen molar-refractivity contribution in [3.63, 3.8) is 0 Å². The molecule has 0 amide bonds. The molecule has 3 heterocycles. The van der Waals surface area contributed by atoms with Crippen molar-refractivity contribution in [2.24, 2.45) is 5.92 Å². The van der Waals surface area contributed by atoms with Gasteiger partial charge >= 0.3 is 11.9 Å². The van der Waals surface area contributed by atoms with Crippen LogP contribution in [0.5, 0.6) is 0 Å². The molecule has 3 aliphatic heterocycles. The van der Waals surface area contributed by atoms with Gasteiger partial charge in [0.15, 0.2) is 5.79 Å². The summed E-state index contributed by atoms with van der Waals surface area (Å²) in [5, 5.41) is 21.8. The zero-order valence-corrected chi connectivity index (χ0v) is 19.6. The molecule has 4 atom stereocenters. The average Bonchev–Trinajstić information content (AvgIpc) is 3.16. The Bertz CT molecular complexity index is 905. The molecule has 2 bridgehead atoms. The van der Waals surface area contributed by atoms with E-state index >= 15 is 0 Å². The van der Waals surface area contributed by atoms with Gasteiger partial charge in [0.05, 0.1) is 17.3 Å². The standard InChI is InChI=1S/C25H34O7/c1-15(2)7-6-8-16(3)11-21(27)30-14-18-22-19(26)12-17(4)25(29)10-9-24(5,32-25)13-20(22)31-23(18)28/h7,11,13,17,19,26,29H,6,8-10,12,14H2,1-5H3/b16-11+,20-13+/t17-,19+,24?,25?/m1/s1. The number of hydrogen-bond donors (Lipinski definition) is 2. The number of aliphatic hydroxyl groups is 2. The molecule has 3 rings (SSSR count). The number of fused-ring (bicyclic) bond motifs is 3. The first-order chi connectivity index (χ1) is 14.9. The van der Waals surface area contributed by atoms with E-state index in [0.717, 1.165) is 18.4 Å². The van der Waals surface area contributed by atoms with E-state index in [9.17, 15) is 19.8 Å². The molecule has 1 fully saturated rings. The van der Waals surface area contributed by atoms with Crippen molar-refractivity contribution in [2.45, 2.75) is 84.2 Å². The zero-order valence-electron chi connectivity index (χ0n) is 19.6. The number of hydrogen-bond acceptors (Lipinski definition) is 7. The topological polar surface area (TPSA) is 102 Å². The molecule has 2 unspecified atom stereocenters. The van der Waals surface area contributed by atoms with Gasteiger partial charge in [-0.3, -0.25) is 0 Å². The highest BCUT2D eigenvalue weighted by atomic mass is 16.6. The summed E-state index contributed by atoms with van der Waals surface area (Å²) < 4.78 is 16.7. The molecule has 0 radical (unpaired) electrons. The highest BCUT2D eigenvalue weighted by molar-refractivity contribution is 5.95. The van der Waals surface area contributed by atoms with Gasteiger partial charge in [0.1, 0.15) is 12.4 Å². The summed E-state index contributed by atoms with van der Waals surface area (Å²) in [4.78, 5) is 24.8. The first-order valence-corrected chi connectivity index (χ1v) is 11.2. The fraction of sp³-hybridized carbons (Fsp3) is 0.600. The first kappa shape index (κ1) is 24.4. The van der Waals surface area contributed by atoms with Crippen molar-refractivity contribution in [3.8, 4) is 0 Å². The lowest BCUT2D eigenvalue weighted by molar-refractivity contribution is -0.238. The van der Waals surface area contributed by atoms with Crippen molar-refractivity contribution < 1.29 is 34.0 Å². The quantitative estimate of drug-likeness (QED) is 0.365. The number of aliphatic hydroxyl groups excluding tert-OH is 1. The van der Waals surface area contributed by atoms with Gasteiger partial charge in [-0.2, -0.15) is 0 Å². The van der Waals surface area contributed by atoms with E-state index in [1.807, 2.05) is 27.7 Å². The number of ether oxygens (including phenoxy) is 3. The van der Waals surface area contributed by atoms with Crippen LogP contribution in [0.15, 0.2) is 46.3 Å². The third kappa shape index (κ3) is 5.39. The second-order valence-corrected chi connectivity index (χ2v) is 9.62. The van der Waals surface area contributed by atoms with Gasteiger partial charge in [0.2, 0.25) is 0 Å². The smallest absolute Gasteiger partial charge is 0.343 e. The number of rotatable bonds is 6. The Morgan fingerprint density at radius 1 is 1.31 bits per heavy atom. The molecule has 7 nitrogen and oxygen atoms in total. The van der Waals surface area contributed by atoms with Gasteiger partial charge in [0.25, 0.3) is 0 Å². The molecule has 0 aromatic heterocycles. The summed E-state index contributed by atoms with van der Waals surface area (Å²) in [5.74, 6) is -2.70. The van der Waals surface area contributed by atoms with Crippen molar-refractivity contribution >= 4 is 11.9 Å². The maximum atomic E-state index is 12.6. The Morgan fingerprint density at radius 2 is 2.03 bits per heavy atom. The summed E-state index contributed by atoms with van der Waals surface area (Å²) in [6.07, 6.45) is 6.84. The minimum Gasteiger partial charge on any atom is -0.457 e. The molecular formula is C25H34O7. The van der Waals surface area contributed by atoms with E-state index in [1.165, 1.54) is 11.6 Å². The average molecular weight is 447 g/mol. The largest absolute Gasteiger partial charge is 0.457 e. The van der Waals surface area contributed by atoms with Gasteiger partial charge in [-0.15, -0.1) is 0 Å². The van der Waals surface area contributed by atoms with Crippen LogP contribution < -0.4 is 0 Å². The summed E-state index contributed by atoms with van der Waals surface area (Å²) in [6.45, 7) is 9.23. The van der Waals surface area contributed by atoms with Gasteiger partial charge in [0, 0.05) is 24.0 Å². The highest BCUT2D eigenvalue weighted by Crippen LogP contribution is 2.47. The summed E-state index contributed by atoms with van der Waals surface area (Å²) in [7, 11) is 0. The van der Waals surface area contributed by atoms with E-state index in [4.69, 9.17) is 14.2 Å². The third-order valence-electron chi connectivity index (χ3n) is 6.36. The molecule has 176 valence electrons. The number of carbonyl (C=O) groups excluding carboxylic acids is 2. The zero-order chi connectivity index (χ0) is 23.7. The van der Waals surface area contributed by atoms with Crippen LogP contribution in [0.4, 0.5) is 0 Å². The molecule has 0 aliphatic carbocycles. The van der Waals surface area contributed by atoms with Gasteiger partial charge < -0.3 is 24.4 Å². The predicted molar refractivity (Wildman–Crippen MR) is 118 cm³/mol. The van der Waals surface area contributed by atoms with Crippen LogP contribution in [0.1, 0.15) is 66.7 Å². The van der Waals surface area contributed by atoms with Crippen LogP contribution >= 0.6 is 0 Å². The molecule has 0 spiro atoms. The van der Waals surface area contributed by atoms with E-state index in [-0.39, 0.29) is 30.3 Å². The van der Waals surface area contributed by atoms with Crippen LogP contribution in [0, 0.1) is 5.92 Å². The Morgan fingerprint density at radius 3 is 2.72 bits per heavy atom. The van der Waals surface area contributed by atoms with Crippen LogP contribution in [0.3, 0.4) is 0 Å². The number of esters is 2. The molecular weight excluding hydrogens is 412 g/mol. The van der Waals surface area contributed by atoms with Crippen molar-refractivity contribution in [2.75, 3.05) is 6.61 Å². The first-order valence-electron chi connectivity index (χ1n) is 11.2. The minimum absolute atomic E-state index is 0.119. The molecule has 0 saturated carbocycles. The van der Waals surface area contributed by atoms with Crippen molar-refractivity contribution in [3.05, 3.63) is 46.3 Å². The highest BCUT2D eigenvalue weighted by Gasteiger charge is 2.51. The lowest BCUT2D eigenvalue weighted by Crippen LogP contribution is -2.39. The lowest BCUT2D eigenvalue weighted by Gasteiger charge is -2.32. The Balaban J connectivity index is 1.79. The van der Waals surface area contributed by atoms with Crippen LogP contribution in [-0.2, 0) is 23.8 Å². The Hall–Kier alpha value is -2.22. The molecule has 3 aliphatic rings. The van der Waals surface area contributed by atoms with Gasteiger partial charge in [-0.1, -0.05) is 24.1 Å². The van der Waals surface area contributed by atoms with E-state index in [2.05, 4.69) is 6.08 Å². The van der Waals surface area contributed by atoms with Crippen LogP contribution in [0.2, 0.25) is 0 Å². The monoisotopic (exact) mass is 446 g/mol. The summed E-state index contributed by atoms with van der Waals surface area (Å²) in [5.41, 5.74) is 1.70. The molecule has 2 N–H and O–H groups in total. The minimum atomic E-state index is -1.35. The maximum Gasteiger partial charge on any atom is 0.343 e. The predicted octanol–water partition coefficient (Wildman–Crippen LogP) is 3.62. The third-order valence-corrected chi connectivity index (χ3v) is 6.36. The summed E-state index contributed by atoms with van der Waals surface area (Å²) >= 11 is 0. The van der Waals surface area contributed by atoms with E-state index < -0.39 is 29.4 Å². The summed E-state index contributed by atoms with van der Waals surface area (Å²) in [6, 6.07) is 0.